The Morgan fingerprint density at radius 1 is 1.30 bits per heavy atom. The van der Waals surface area contributed by atoms with E-state index in [1.807, 2.05) is 12.3 Å². The number of benzene rings is 1. The predicted molar refractivity (Wildman–Crippen MR) is 84.8 cm³/mol. The van der Waals surface area contributed by atoms with Crippen molar-refractivity contribution < 1.29 is 4.74 Å². The quantitative estimate of drug-likeness (QED) is 0.784. The van der Waals surface area contributed by atoms with Gasteiger partial charge in [-0.2, -0.15) is 0 Å². The van der Waals surface area contributed by atoms with Crippen molar-refractivity contribution in [1.29, 1.82) is 0 Å². The lowest BCUT2D eigenvalue weighted by atomic mass is 10.0. The molecule has 3 nitrogen and oxygen atoms in total. The van der Waals surface area contributed by atoms with Crippen LogP contribution in [0.3, 0.4) is 0 Å². The molecule has 0 aliphatic rings. The van der Waals surface area contributed by atoms with Gasteiger partial charge in [0.15, 0.2) is 0 Å². The number of ether oxygens (including phenoxy) is 1. The van der Waals surface area contributed by atoms with Crippen LogP contribution in [-0.2, 0) is 4.74 Å². The van der Waals surface area contributed by atoms with Crippen LogP contribution >= 0.6 is 0 Å². The molecule has 0 spiro atoms. The zero-order valence-electron chi connectivity index (χ0n) is 12.2. The first-order valence-corrected chi connectivity index (χ1v) is 7.08. The number of hydrogen-bond donors (Lipinski definition) is 1. The fourth-order valence-electron chi connectivity index (χ4n) is 2.17. The predicted octanol–water partition coefficient (Wildman–Crippen LogP) is 3.26. The Kier molecular flexibility index (Phi) is 5.71. The van der Waals surface area contributed by atoms with Crippen LogP contribution in [-0.4, -0.2) is 31.8 Å². The van der Waals surface area contributed by atoms with E-state index in [0.717, 1.165) is 31.6 Å². The molecule has 0 saturated heterocycles. The van der Waals surface area contributed by atoms with Gasteiger partial charge in [0.05, 0.1) is 12.1 Å². The third-order valence-corrected chi connectivity index (χ3v) is 3.33. The second-order valence-electron chi connectivity index (χ2n) is 4.74. The molecule has 2 rings (SSSR count). The van der Waals surface area contributed by atoms with Crippen LogP contribution in [0.15, 0.2) is 42.1 Å². The molecule has 0 fully saturated rings. The van der Waals surface area contributed by atoms with Gasteiger partial charge in [-0.3, -0.25) is 4.98 Å². The minimum atomic E-state index is 0.745. The molecule has 20 heavy (non-hydrogen) atoms. The van der Waals surface area contributed by atoms with Crippen molar-refractivity contribution in [2.24, 2.45) is 0 Å². The smallest absolute Gasteiger partial charge is 0.0707 e. The topological polar surface area (TPSA) is 34.2 Å². The molecule has 1 aromatic carbocycles. The lowest BCUT2D eigenvalue weighted by Gasteiger charge is -2.08. The van der Waals surface area contributed by atoms with Gasteiger partial charge >= 0.3 is 0 Å². The maximum atomic E-state index is 5.04. The standard InChI is InChI=1S/C17H22N2O/c1-3-14(13-18-10-11-20-2)12-15-8-9-19-17-7-5-4-6-16(15)17/h4-9,12,18H,3,10-11,13H2,1-2H3. The average Bonchev–Trinajstić information content (AvgIpc) is 2.50. The van der Waals surface area contributed by atoms with Crippen molar-refractivity contribution in [3.63, 3.8) is 0 Å². The fourth-order valence-corrected chi connectivity index (χ4v) is 2.17. The van der Waals surface area contributed by atoms with Gasteiger partial charge in [0.1, 0.15) is 0 Å². The van der Waals surface area contributed by atoms with E-state index < -0.39 is 0 Å². The van der Waals surface area contributed by atoms with E-state index in [-0.39, 0.29) is 0 Å². The summed E-state index contributed by atoms with van der Waals surface area (Å²) >= 11 is 0. The maximum Gasteiger partial charge on any atom is 0.0707 e. The Bertz CT molecular complexity index is 573. The summed E-state index contributed by atoms with van der Waals surface area (Å²) in [6, 6.07) is 10.3. The van der Waals surface area contributed by atoms with Crippen molar-refractivity contribution in [2.45, 2.75) is 13.3 Å². The fraction of sp³-hybridized carbons (Fsp3) is 0.353. The number of para-hydroxylation sites is 1. The third kappa shape index (κ3) is 3.89. The summed E-state index contributed by atoms with van der Waals surface area (Å²) in [5.41, 5.74) is 3.67. The molecule has 0 unspecified atom stereocenters. The maximum absolute atomic E-state index is 5.04. The molecule has 0 aliphatic heterocycles. The minimum absolute atomic E-state index is 0.745. The van der Waals surface area contributed by atoms with Crippen molar-refractivity contribution in [2.75, 3.05) is 26.8 Å². The molecule has 1 aromatic heterocycles. The summed E-state index contributed by atoms with van der Waals surface area (Å²) in [5.74, 6) is 0. The number of rotatable bonds is 7. The molecule has 3 heteroatoms. The van der Waals surface area contributed by atoms with Gasteiger partial charge in [-0.05, 0) is 24.1 Å². The summed E-state index contributed by atoms with van der Waals surface area (Å²) in [6.07, 6.45) is 5.18. The molecule has 0 amide bonds. The van der Waals surface area contributed by atoms with Crippen LogP contribution in [0.1, 0.15) is 18.9 Å². The molecule has 106 valence electrons. The lowest BCUT2D eigenvalue weighted by molar-refractivity contribution is 0.200. The second-order valence-corrected chi connectivity index (χ2v) is 4.74. The van der Waals surface area contributed by atoms with Gasteiger partial charge in [-0.25, -0.2) is 0 Å². The van der Waals surface area contributed by atoms with Crippen molar-refractivity contribution >= 4 is 17.0 Å². The van der Waals surface area contributed by atoms with E-state index in [1.54, 1.807) is 7.11 Å². The van der Waals surface area contributed by atoms with Crippen LogP contribution in [0.4, 0.5) is 0 Å². The van der Waals surface area contributed by atoms with Crippen LogP contribution < -0.4 is 5.32 Å². The van der Waals surface area contributed by atoms with Gasteiger partial charge in [-0.1, -0.05) is 36.8 Å². The van der Waals surface area contributed by atoms with Crippen LogP contribution in [0.2, 0.25) is 0 Å². The van der Waals surface area contributed by atoms with Crippen LogP contribution in [0, 0.1) is 0 Å². The molecule has 1 heterocycles. The van der Waals surface area contributed by atoms with E-state index in [4.69, 9.17) is 4.74 Å². The van der Waals surface area contributed by atoms with E-state index in [2.05, 4.69) is 47.6 Å². The first-order valence-electron chi connectivity index (χ1n) is 7.08. The van der Waals surface area contributed by atoms with Crippen LogP contribution in [0.5, 0.6) is 0 Å². The highest BCUT2D eigenvalue weighted by molar-refractivity contribution is 5.87. The van der Waals surface area contributed by atoms with Crippen LogP contribution in [0.25, 0.3) is 17.0 Å². The Balaban J connectivity index is 2.17. The Labute approximate surface area is 120 Å². The molecule has 0 bridgehead atoms. The first kappa shape index (κ1) is 14.7. The normalized spacial score (nSPS) is 12.0. The number of methoxy groups -OCH3 is 1. The summed E-state index contributed by atoms with van der Waals surface area (Å²) in [6.45, 7) is 4.71. The summed E-state index contributed by atoms with van der Waals surface area (Å²) in [7, 11) is 1.72. The molecular weight excluding hydrogens is 248 g/mol. The molecule has 0 radical (unpaired) electrons. The third-order valence-electron chi connectivity index (χ3n) is 3.33. The minimum Gasteiger partial charge on any atom is -0.383 e. The highest BCUT2D eigenvalue weighted by Gasteiger charge is 2.01. The first-order chi connectivity index (χ1) is 9.85. The van der Waals surface area contributed by atoms with Gasteiger partial charge in [0.2, 0.25) is 0 Å². The van der Waals surface area contributed by atoms with E-state index in [9.17, 15) is 0 Å². The molecule has 1 N–H and O–H groups in total. The number of nitrogens with zero attached hydrogens (tertiary/aromatic N) is 1. The van der Waals surface area contributed by atoms with E-state index >= 15 is 0 Å². The lowest BCUT2D eigenvalue weighted by Crippen LogP contribution is -2.21. The Morgan fingerprint density at radius 2 is 2.15 bits per heavy atom. The molecular formula is C17H22N2O. The Morgan fingerprint density at radius 3 is 2.95 bits per heavy atom. The average molecular weight is 270 g/mol. The molecule has 0 aliphatic carbocycles. The summed E-state index contributed by atoms with van der Waals surface area (Å²) < 4.78 is 5.04. The highest BCUT2D eigenvalue weighted by atomic mass is 16.5. The zero-order valence-corrected chi connectivity index (χ0v) is 12.2. The Hall–Kier alpha value is -1.71. The number of aromatic nitrogens is 1. The SMILES string of the molecule is CCC(=Cc1ccnc2ccccc12)CNCCOC. The zero-order chi connectivity index (χ0) is 14.2. The van der Waals surface area contributed by atoms with E-state index in [0.29, 0.717) is 0 Å². The summed E-state index contributed by atoms with van der Waals surface area (Å²) in [5, 5.41) is 4.60. The van der Waals surface area contributed by atoms with E-state index in [1.165, 1.54) is 16.5 Å². The molecule has 0 saturated carbocycles. The number of fused-ring (bicyclic) bond motifs is 1. The van der Waals surface area contributed by atoms with Gasteiger partial charge in [0.25, 0.3) is 0 Å². The van der Waals surface area contributed by atoms with Gasteiger partial charge in [0, 0.05) is 31.8 Å². The largest absolute Gasteiger partial charge is 0.383 e. The molecule has 2 aromatic rings. The monoisotopic (exact) mass is 270 g/mol. The highest BCUT2D eigenvalue weighted by Crippen LogP contribution is 2.19. The summed E-state index contributed by atoms with van der Waals surface area (Å²) in [4.78, 5) is 4.40. The van der Waals surface area contributed by atoms with Crippen molar-refractivity contribution in [3.8, 4) is 0 Å². The van der Waals surface area contributed by atoms with Gasteiger partial charge < -0.3 is 10.1 Å². The molecule has 0 atom stereocenters. The number of hydrogen-bond acceptors (Lipinski definition) is 3. The van der Waals surface area contributed by atoms with Crippen molar-refractivity contribution in [3.05, 3.63) is 47.7 Å². The van der Waals surface area contributed by atoms with Crippen molar-refractivity contribution in [1.82, 2.24) is 10.3 Å². The van der Waals surface area contributed by atoms with Gasteiger partial charge in [-0.15, -0.1) is 0 Å². The second kappa shape index (κ2) is 7.78. The number of pyridine rings is 1. The number of nitrogens with one attached hydrogen (secondary N) is 1.